The Balaban J connectivity index is 2.30. The second-order valence-electron chi connectivity index (χ2n) is 4.51. The lowest BCUT2D eigenvalue weighted by Gasteiger charge is -2.24. The Bertz CT molecular complexity index is 232. The monoisotopic (exact) mass is 244 g/mol. The van der Waals surface area contributed by atoms with E-state index < -0.39 is 0 Å². The highest BCUT2D eigenvalue weighted by Crippen LogP contribution is 2.16. The zero-order valence-corrected chi connectivity index (χ0v) is 10.3. The van der Waals surface area contributed by atoms with E-state index in [0.29, 0.717) is 32.6 Å². The predicted octanol–water partition coefficient (Wildman–Crippen LogP) is -1.95. The Morgan fingerprint density at radius 1 is 1.29 bits per heavy atom. The van der Waals surface area contributed by atoms with Gasteiger partial charge in [-0.3, -0.25) is 9.69 Å². The van der Waals surface area contributed by atoms with Gasteiger partial charge in [0.2, 0.25) is 5.91 Å². The predicted molar refractivity (Wildman–Crippen MR) is 66.3 cm³/mol. The zero-order valence-electron chi connectivity index (χ0n) is 10.3. The van der Waals surface area contributed by atoms with Crippen LogP contribution in [0.2, 0.25) is 0 Å². The second-order valence-corrected chi connectivity index (χ2v) is 4.51. The standard InChI is InChI=1S/C11H24N4O2/c12-1-3-14(4-2-13)5-6-15-8-10(9-16)7-11(15)17/h10,16H,1-9,12-13H2. The van der Waals surface area contributed by atoms with Crippen LogP contribution in [0, 0.1) is 5.92 Å². The number of amides is 1. The summed E-state index contributed by atoms with van der Waals surface area (Å²) in [6.07, 6.45) is 0.476. The maximum absolute atomic E-state index is 11.6. The Morgan fingerprint density at radius 2 is 1.94 bits per heavy atom. The van der Waals surface area contributed by atoms with Crippen LogP contribution in [-0.4, -0.2) is 73.2 Å². The summed E-state index contributed by atoms with van der Waals surface area (Å²) in [4.78, 5) is 15.6. The third kappa shape index (κ3) is 4.59. The van der Waals surface area contributed by atoms with E-state index in [1.807, 2.05) is 4.90 Å². The van der Waals surface area contributed by atoms with Crippen LogP contribution >= 0.6 is 0 Å². The lowest BCUT2D eigenvalue weighted by atomic mass is 10.1. The Labute approximate surface area is 103 Å². The lowest BCUT2D eigenvalue weighted by molar-refractivity contribution is -0.127. The summed E-state index contributed by atoms with van der Waals surface area (Å²) in [5.74, 6) is 0.254. The molecule has 1 heterocycles. The van der Waals surface area contributed by atoms with E-state index in [2.05, 4.69) is 4.90 Å². The van der Waals surface area contributed by atoms with Crippen molar-refractivity contribution < 1.29 is 9.90 Å². The molecule has 0 bridgehead atoms. The molecule has 1 aliphatic rings. The number of hydrogen-bond donors (Lipinski definition) is 3. The molecule has 6 heteroatoms. The Morgan fingerprint density at radius 3 is 2.41 bits per heavy atom. The third-order valence-corrected chi connectivity index (χ3v) is 3.13. The van der Waals surface area contributed by atoms with Crippen molar-refractivity contribution in [3.05, 3.63) is 0 Å². The molecule has 1 aliphatic heterocycles. The van der Waals surface area contributed by atoms with Gasteiger partial charge in [0.15, 0.2) is 0 Å². The van der Waals surface area contributed by atoms with Gasteiger partial charge in [-0.1, -0.05) is 0 Å². The Hall–Kier alpha value is -0.690. The normalized spacial score (nSPS) is 20.6. The number of carbonyl (C=O) groups is 1. The highest BCUT2D eigenvalue weighted by Gasteiger charge is 2.28. The van der Waals surface area contributed by atoms with Crippen molar-refractivity contribution in [2.45, 2.75) is 6.42 Å². The van der Waals surface area contributed by atoms with Crippen molar-refractivity contribution in [1.29, 1.82) is 0 Å². The molecule has 1 saturated heterocycles. The van der Waals surface area contributed by atoms with Crippen molar-refractivity contribution in [1.82, 2.24) is 9.80 Å². The van der Waals surface area contributed by atoms with Gasteiger partial charge in [-0.2, -0.15) is 0 Å². The molecule has 1 unspecified atom stereocenters. The first-order valence-corrected chi connectivity index (χ1v) is 6.22. The van der Waals surface area contributed by atoms with Crippen LogP contribution in [-0.2, 0) is 4.79 Å². The SMILES string of the molecule is NCCN(CCN)CCN1CC(CO)CC1=O. The molecule has 0 aromatic carbocycles. The number of aliphatic hydroxyl groups is 1. The summed E-state index contributed by atoms with van der Waals surface area (Å²) in [7, 11) is 0. The first kappa shape index (κ1) is 14.4. The highest BCUT2D eigenvalue weighted by atomic mass is 16.3. The molecule has 17 heavy (non-hydrogen) atoms. The molecule has 1 amide bonds. The minimum absolute atomic E-state index is 0.0948. The van der Waals surface area contributed by atoms with Gasteiger partial charge in [-0.25, -0.2) is 0 Å². The van der Waals surface area contributed by atoms with Crippen molar-refractivity contribution in [3.8, 4) is 0 Å². The number of rotatable bonds is 8. The van der Waals surface area contributed by atoms with Crippen LogP contribution in [0.5, 0.6) is 0 Å². The molecule has 1 fully saturated rings. The number of nitrogens with two attached hydrogens (primary N) is 2. The number of likely N-dealkylation sites (tertiary alicyclic amines) is 1. The minimum atomic E-state index is 0.0948. The van der Waals surface area contributed by atoms with Crippen LogP contribution in [0.3, 0.4) is 0 Å². The number of aliphatic hydroxyl groups excluding tert-OH is 1. The first-order valence-electron chi connectivity index (χ1n) is 6.22. The number of nitrogens with zero attached hydrogens (tertiary/aromatic N) is 2. The van der Waals surface area contributed by atoms with E-state index in [1.165, 1.54) is 0 Å². The van der Waals surface area contributed by atoms with E-state index in [1.54, 1.807) is 0 Å². The molecule has 100 valence electrons. The summed E-state index contributed by atoms with van der Waals surface area (Å²) in [6, 6.07) is 0. The third-order valence-electron chi connectivity index (χ3n) is 3.13. The van der Waals surface area contributed by atoms with Crippen molar-refractivity contribution in [2.24, 2.45) is 17.4 Å². The van der Waals surface area contributed by atoms with Gasteiger partial charge in [-0.05, 0) is 0 Å². The van der Waals surface area contributed by atoms with E-state index in [4.69, 9.17) is 16.6 Å². The first-order chi connectivity index (χ1) is 8.21. The van der Waals surface area contributed by atoms with Gasteiger partial charge in [0.1, 0.15) is 0 Å². The van der Waals surface area contributed by atoms with Crippen LogP contribution in [0.1, 0.15) is 6.42 Å². The maximum Gasteiger partial charge on any atom is 0.223 e. The van der Waals surface area contributed by atoms with Gasteiger partial charge in [0.05, 0.1) is 0 Å². The molecule has 0 aromatic heterocycles. The van der Waals surface area contributed by atoms with Gasteiger partial charge in [-0.15, -0.1) is 0 Å². The molecular formula is C11H24N4O2. The topological polar surface area (TPSA) is 95.8 Å². The molecule has 0 aromatic rings. The zero-order chi connectivity index (χ0) is 12.7. The van der Waals surface area contributed by atoms with Gasteiger partial charge in [0, 0.05) is 64.8 Å². The fourth-order valence-electron chi connectivity index (χ4n) is 2.16. The Kier molecular flexibility index (Phi) is 6.43. The average molecular weight is 244 g/mol. The van der Waals surface area contributed by atoms with Crippen molar-refractivity contribution >= 4 is 5.91 Å². The van der Waals surface area contributed by atoms with Crippen molar-refractivity contribution in [3.63, 3.8) is 0 Å². The van der Waals surface area contributed by atoms with Crippen LogP contribution in [0.4, 0.5) is 0 Å². The smallest absolute Gasteiger partial charge is 0.223 e. The number of hydrogen-bond acceptors (Lipinski definition) is 5. The molecule has 1 rings (SSSR count). The minimum Gasteiger partial charge on any atom is -0.396 e. The average Bonchev–Trinajstić information content (AvgIpc) is 2.68. The fraction of sp³-hybridized carbons (Fsp3) is 0.909. The quantitative estimate of drug-likeness (QED) is 0.461. The van der Waals surface area contributed by atoms with Gasteiger partial charge >= 0.3 is 0 Å². The molecule has 0 saturated carbocycles. The summed E-state index contributed by atoms with van der Waals surface area (Å²) in [5.41, 5.74) is 11.0. The molecular weight excluding hydrogens is 220 g/mol. The maximum atomic E-state index is 11.6. The van der Waals surface area contributed by atoms with Crippen LogP contribution in [0.15, 0.2) is 0 Å². The van der Waals surface area contributed by atoms with Crippen LogP contribution < -0.4 is 11.5 Å². The van der Waals surface area contributed by atoms with E-state index >= 15 is 0 Å². The van der Waals surface area contributed by atoms with Gasteiger partial charge < -0.3 is 21.5 Å². The summed E-state index contributed by atoms with van der Waals surface area (Å²) >= 11 is 0. The highest BCUT2D eigenvalue weighted by molar-refractivity contribution is 5.78. The summed E-state index contributed by atoms with van der Waals surface area (Å²) in [6.45, 7) is 5.10. The molecule has 0 spiro atoms. The van der Waals surface area contributed by atoms with E-state index in [0.717, 1.165) is 19.6 Å². The van der Waals surface area contributed by atoms with Crippen molar-refractivity contribution in [2.75, 3.05) is 52.4 Å². The fourth-order valence-corrected chi connectivity index (χ4v) is 2.16. The molecule has 6 nitrogen and oxygen atoms in total. The number of carbonyl (C=O) groups excluding carboxylic acids is 1. The lowest BCUT2D eigenvalue weighted by Crippen LogP contribution is -2.40. The largest absolute Gasteiger partial charge is 0.396 e. The summed E-state index contributed by atoms with van der Waals surface area (Å²) < 4.78 is 0. The second kappa shape index (κ2) is 7.60. The summed E-state index contributed by atoms with van der Waals surface area (Å²) in [5, 5.41) is 9.03. The molecule has 0 aliphatic carbocycles. The molecule has 5 N–H and O–H groups in total. The van der Waals surface area contributed by atoms with Gasteiger partial charge in [0.25, 0.3) is 0 Å². The molecule has 1 atom stereocenters. The molecule has 0 radical (unpaired) electrons. The van der Waals surface area contributed by atoms with E-state index in [9.17, 15) is 4.79 Å². The van der Waals surface area contributed by atoms with Crippen LogP contribution in [0.25, 0.3) is 0 Å². The van der Waals surface area contributed by atoms with E-state index in [-0.39, 0.29) is 18.4 Å².